The maximum Gasteiger partial charge on any atom is 0.152 e. The van der Waals surface area contributed by atoms with E-state index in [4.69, 9.17) is 9.47 Å². The second-order valence-electron chi connectivity index (χ2n) is 5.54. The van der Waals surface area contributed by atoms with Gasteiger partial charge in [-0.1, -0.05) is 35.9 Å². The van der Waals surface area contributed by atoms with Gasteiger partial charge in [-0.15, -0.1) is 0 Å². The molecule has 110 valence electrons. The number of likely N-dealkylation sites (N-methyl/N-ethyl adjacent to an activating group) is 1. The van der Waals surface area contributed by atoms with Gasteiger partial charge in [0.05, 0.1) is 6.04 Å². The molecule has 3 nitrogen and oxygen atoms in total. The Morgan fingerprint density at radius 3 is 2.71 bits per heavy atom. The van der Waals surface area contributed by atoms with Gasteiger partial charge >= 0.3 is 0 Å². The summed E-state index contributed by atoms with van der Waals surface area (Å²) in [5, 5.41) is 3.36. The van der Waals surface area contributed by atoms with Crippen molar-refractivity contribution >= 4 is 0 Å². The molecular formula is C18H21NO2. The van der Waals surface area contributed by atoms with Gasteiger partial charge in [0.2, 0.25) is 0 Å². The van der Waals surface area contributed by atoms with Crippen LogP contribution in [0.3, 0.4) is 0 Å². The molecular weight excluding hydrogens is 262 g/mol. The molecule has 1 aliphatic heterocycles. The number of ether oxygens (including phenoxy) is 2. The van der Waals surface area contributed by atoms with Crippen LogP contribution in [0, 0.1) is 13.8 Å². The second-order valence-corrected chi connectivity index (χ2v) is 5.54. The highest BCUT2D eigenvalue weighted by Gasteiger charge is 2.31. The van der Waals surface area contributed by atoms with Gasteiger partial charge in [0.25, 0.3) is 0 Å². The van der Waals surface area contributed by atoms with E-state index in [1.807, 2.05) is 31.3 Å². The van der Waals surface area contributed by atoms with Gasteiger partial charge in [-0.25, -0.2) is 0 Å². The summed E-state index contributed by atoms with van der Waals surface area (Å²) in [7, 11) is 1.96. The molecule has 0 radical (unpaired) electrons. The third-order valence-electron chi connectivity index (χ3n) is 3.95. The molecule has 21 heavy (non-hydrogen) atoms. The summed E-state index contributed by atoms with van der Waals surface area (Å²) in [6.45, 7) is 4.72. The second kappa shape index (κ2) is 5.78. The first-order valence-electron chi connectivity index (χ1n) is 7.32. The van der Waals surface area contributed by atoms with E-state index in [0.717, 1.165) is 22.6 Å². The number of hydrogen-bond donors (Lipinski definition) is 1. The molecule has 0 saturated carbocycles. The Bertz CT molecular complexity index is 639. The lowest BCUT2D eigenvalue weighted by molar-refractivity contribution is 0.0768. The van der Waals surface area contributed by atoms with Crippen LogP contribution in [0.1, 0.15) is 22.7 Å². The van der Waals surface area contributed by atoms with E-state index in [2.05, 4.69) is 37.4 Å². The average Bonchev–Trinajstić information content (AvgIpc) is 2.49. The van der Waals surface area contributed by atoms with Crippen molar-refractivity contribution in [3.8, 4) is 11.5 Å². The smallest absolute Gasteiger partial charge is 0.152 e. The Hall–Kier alpha value is -2.00. The molecule has 3 rings (SSSR count). The summed E-state index contributed by atoms with van der Waals surface area (Å²) in [5.74, 6) is 1.87. The Labute approximate surface area is 125 Å². The minimum Gasteiger partial charge on any atom is -0.489 e. The van der Waals surface area contributed by atoms with E-state index in [0.29, 0.717) is 6.61 Å². The molecule has 1 N–H and O–H groups in total. The monoisotopic (exact) mass is 283 g/mol. The van der Waals surface area contributed by atoms with Crippen molar-refractivity contribution in [2.45, 2.75) is 26.0 Å². The summed E-state index contributed by atoms with van der Waals surface area (Å²) >= 11 is 0. The number of nitrogens with one attached hydrogen (secondary N) is 1. The van der Waals surface area contributed by atoms with Crippen molar-refractivity contribution in [3.63, 3.8) is 0 Å². The maximum atomic E-state index is 6.21. The van der Waals surface area contributed by atoms with E-state index in [1.165, 1.54) is 5.56 Å². The molecule has 1 aliphatic rings. The average molecular weight is 283 g/mol. The highest BCUT2D eigenvalue weighted by Crippen LogP contribution is 2.34. The number of aryl methyl sites for hydroxylation is 2. The Kier molecular flexibility index (Phi) is 3.84. The van der Waals surface area contributed by atoms with Crippen LogP contribution in [0.25, 0.3) is 0 Å². The molecule has 0 bridgehead atoms. The van der Waals surface area contributed by atoms with E-state index in [9.17, 15) is 0 Å². The van der Waals surface area contributed by atoms with Gasteiger partial charge in [0.15, 0.2) is 6.10 Å². The first-order valence-corrected chi connectivity index (χ1v) is 7.32. The number of benzene rings is 2. The lowest BCUT2D eigenvalue weighted by atomic mass is 9.98. The molecule has 0 fully saturated rings. The summed E-state index contributed by atoms with van der Waals surface area (Å²) < 4.78 is 12.1. The maximum absolute atomic E-state index is 6.21. The van der Waals surface area contributed by atoms with Gasteiger partial charge in [-0.3, -0.25) is 0 Å². The normalized spacial score (nSPS) is 20.5. The number of rotatable bonds is 3. The van der Waals surface area contributed by atoms with Crippen molar-refractivity contribution in [1.82, 2.24) is 5.32 Å². The van der Waals surface area contributed by atoms with Crippen LogP contribution in [0.15, 0.2) is 42.5 Å². The standard InChI is InChI=1S/C18H21NO2/c1-12-8-9-15(13(2)10-12)21-17-11-20-16-7-5-4-6-14(16)18(17)19-3/h4-10,17-19H,11H2,1-3H3. The summed E-state index contributed by atoms with van der Waals surface area (Å²) in [4.78, 5) is 0. The molecule has 0 amide bonds. The van der Waals surface area contributed by atoms with Crippen LogP contribution >= 0.6 is 0 Å². The third-order valence-corrected chi connectivity index (χ3v) is 3.95. The van der Waals surface area contributed by atoms with Crippen LogP contribution in [0.2, 0.25) is 0 Å². The zero-order valence-corrected chi connectivity index (χ0v) is 12.7. The van der Waals surface area contributed by atoms with E-state index in [1.54, 1.807) is 0 Å². The lowest BCUT2D eigenvalue weighted by Crippen LogP contribution is -2.41. The van der Waals surface area contributed by atoms with Gasteiger partial charge in [0, 0.05) is 5.56 Å². The molecule has 0 saturated heterocycles. The first-order chi connectivity index (χ1) is 10.2. The fraction of sp³-hybridized carbons (Fsp3) is 0.333. The molecule has 0 aliphatic carbocycles. The molecule has 2 aromatic carbocycles. The van der Waals surface area contributed by atoms with Crippen LogP contribution < -0.4 is 14.8 Å². The Morgan fingerprint density at radius 1 is 1.14 bits per heavy atom. The van der Waals surface area contributed by atoms with Crippen LogP contribution in [0.4, 0.5) is 0 Å². The zero-order chi connectivity index (χ0) is 14.8. The quantitative estimate of drug-likeness (QED) is 0.936. The van der Waals surface area contributed by atoms with Crippen LogP contribution in [-0.2, 0) is 0 Å². The Balaban J connectivity index is 1.86. The van der Waals surface area contributed by atoms with Crippen molar-refractivity contribution in [3.05, 3.63) is 59.2 Å². The molecule has 0 aromatic heterocycles. The van der Waals surface area contributed by atoms with E-state index in [-0.39, 0.29) is 12.1 Å². The van der Waals surface area contributed by atoms with Gasteiger partial charge < -0.3 is 14.8 Å². The molecule has 2 unspecified atom stereocenters. The summed E-state index contributed by atoms with van der Waals surface area (Å²) in [6.07, 6.45) is -0.0358. The van der Waals surface area contributed by atoms with Crippen molar-refractivity contribution in [2.24, 2.45) is 0 Å². The van der Waals surface area contributed by atoms with E-state index >= 15 is 0 Å². The highest BCUT2D eigenvalue weighted by molar-refractivity contribution is 5.40. The number of hydrogen-bond acceptors (Lipinski definition) is 3. The highest BCUT2D eigenvalue weighted by atomic mass is 16.5. The summed E-state index contributed by atoms with van der Waals surface area (Å²) in [6, 6.07) is 14.5. The molecule has 1 heterocycles. The predicted molar refractivity (Wildman–Crippen MR) is 84.1 cm³/mol. The third kappa shape index (κ3) is 2.74. The summed E-state index contributed by atoms with van der Waals surface area (Å²) in [5.41, 5.74) is 3.56. The Morgan fingerprint density at radius 2 is 1.95 bits per heavy atom. The number of fused-ring (bicyclic) bond motifs is 1. The van der Waals surface area contributed by atoms with Gasteiger partial charge in [-0.2, -0.15) is 0 Å². The van der Waals surface area contributed by atoms with E-state index < -0.39 is 0 Å². The lowest BCUT2D eigenvalue weighted by Gasteiger charge is -2.33. The minimum atomic E-state index is -0.0358. The topological polar surface area (TPSA) is 30.5 Å². The van der Waals surface area contributed by atoms with Crippen LogP contribution in [-0.4, -0.2) is 19.8 Å². The fourth-order valence-corrected chi connectivity index (χ4v) is 2.88. The molecule has 0 spiro atoms. The molecule has 3 heteroatoms. The van der Waals surface area contributed by atoms with Gasteiger partial charge in [0.1, 0.15) is 18.1 Å². The molecule has 2 aromatic rings. The number of para-hydroxylation sites is 1. The van der Waals surface area contributed by atoms with Crippen molar-refractivity contribution in [1.29, 1.82) is 0 Å². The van der Waals surface area contributed by atoms with Crippen LogP contribution in [0.5, 0.6) is 11.5 Å². The predicted octanol–water partition coefficient (Wildman–Crippen LogP) is 3.40. The van der Waals surface area contributed by atoms with Gasteiger partial charge in [-0.05, 0) is 38.6 Å². The fourth-order valence-electron chi connectivity index (χ4n) is 2.88. The SMILES string of the molecule is CNC1c2ccccc2OCC1Oc1ccc(C)cc1C. The minimum absolute atomic E-state index is 0.0358. The van der Waals surface area contributed by atoms with Crippen molar-refractivity contribution in [2.75, 3.05) is 13.7 Å². The zero-order valence-electron chi connectivity index (χ0n) is 12.7. The largest absolute Gasteiger partial charge is 0.489 e. The van der Waals surface area contributed by atoms with Crippen molar-refractivity contribution < 1.29 is 9.47 Å². The molecule has 2 atom stereocenters. The first kappa shape index (κ1) is 14.0.